The van der Waals surface area contributed by atoms with E-state index >= 15 is 0 Å². The molecule has 0 amide bonds. The van der Waals surface area contributed by atoms with Crippen molar-refractivity contribution in [1.82, 2.24) is 0 Å². The molecule has 1 unspecified atom stereocenters. The van der Waals surface area contributed by atoms with Gasteiger partial charge in [0.15, 0.2) is 0 Å². The first-order chi connectivity index (χ1) is 14.7. The van der Waals surface area contributed by atoms with Crippen molar-refractivity contribution in [3.63, 3.8) is 0 Å². The van der Waals surface area contributed by atoms with Gasteiger partial charge in [0.25, 0.3) is 0 Å². The quantitative estimate of drug-likeness (QED) is 0.499. The van der Waals surface area contributed by atoms with E-state index in [2.05, 4.69) is 58.9 Å². The maximum atomic E-state index is 6.41. The highest BCUT2D eigenvalue weighted by Crippen LogP contribution is 2.67. The van der Waals surface area contributed by atoms with Gasteiger partial charge in [0.05, 0.1) is 37.6 Å². The van der Waals surface area contributed by atoms with Gasteiger partial charge in [0.1, 0.15) is 0 Å². The van der Waals surface area contributed by atoms with Crippen molar-refractivity contribution in [2.45, 2.75) is 64.9 Å². The predicted octanol–water partition coefficient (Wildman–Crippen LogP) is 5.52. The van der Waals surface area contributed by atoms with Crippen LogP contribution in [0.3, 0.4) is 0 Å². The molecule has 1 aliphatic carbocycles. The third kappa shape index (κ3) is 4.75. The van der Waals surface area contributed by atoms with E-state index in [0.29, 0.717) is 32.3 Å². The average molecular weight is 422 g/mol. The molecule has 2 aliphatic rings. The summed E-state index contributed by atoms with van der Waals surface area (Å²) in [7, 11) is -0.236. The Morgan fingerprint density at radius 2 is 1.23 bits per heavy atom. The number of hydrogen-bond acceptors (Lipinski definition) is 4. The molecule has 1 heterocycles. The van der Waals surface area contributed by atoms with Gasteiger partial charge < -0.3 is 18.8 Å². The van der Waals surface area contributed by atoms with E-state index in [1.165, 1.54) is 11.1 Å². The first kappa shape index (κ1) is 22.5. The van der Waals surface area contributed by atoms with Gasteiger partial charge in [0, 0.05) is 5.82 Å². The van der Waals surface area contributed by atoms with Crippen LogP contribution in [-0.4, -0.2) is 31.5 Å². The van der Waals surface area contributed by atoms with Gasteiger partial charge in [-0.05, 0) is 50.2 Å². The van der Waals surface area contributed by atoms with Crippen molar-refractivity contribution in [2.24, 2.45) is 11.3 Å². The van der Waals surface area contributed by atoms with Crippen LogP contribution in [0.1, 0.15) is 45.7 Å². The monoisotopic (exact) mass is 422 g/mol. The molecule has 1 aliphatic heterocycles. The van der Waals surface area contributed by atoms with Crippen molar-refractivity contribution in [3.8, 4) is 0 Å². The lowest BCUT2D eigenvalue weighted by molar-refractivity contribution is 0.00578. The van der Waals surface area contributed by atoms with E-state index in [9.17, 15) is 0 Å². The van der Waals surface area contributed by atoms with Crippen molar-refractivity contribution >= 4 is 7.12 Å². The molecule has 4 rings (SSSR count). The number of benzene rings is 2. The van der Waals surface area contributed by atoms with Crippen molar-refractivity contribution in [2.75, 3.05) is 13.2 Å². The molecular weight excluding hydrogens is 387 g/mol. The number of hydrogen-bond donors (Lipinski definition) is 0. The lowest BCUT2D eigenvalue weighted by Gasteiger charge is -2.32. The van der Waals surface area contributed by atoms with E-state index < -0.39 is 0 Å². The van der Waals surface area contributed by atoms with E-state index in [-0.39, 0.29) is 29.6 Å². The summed E-state index contributed by atoms with van der Waals surface area (Å²) in [6, 6.07) is 20.6. The van der Waals surface area contributed by atoms with Crippen LogP contribution >= 0.6 is 0 Å². The SMILES string of the molecule is CC1(C)OB(C2[C@H](COCc3ccccc3)[C@]2(C)COCc2ccccc2)OC1(C)C. The Balaban J connectivity index is 1.40. The summed E-state index contributed by atoms with van der Waals surface area (Å²) in [5.74, 6) is 0.585. The Morgan fingerprint density at radius 3 is 1.74 bits per heavy atom. The van der Waals surface area contributed by atoms with Crippen LogP contribution in [-0.2, 0) is 32.0 Å². The Labute approximate surface area is 187 Å². The lowest BCUT2D eigenvalue weighted by atomic mass is 9.77. The fraction of sp³-hybridized carbons (Fsp3) is 0.538. The van der Waals surface area contributed by atoms with E-state index in [1.54, 1.807) is 0 Å². The van der Waals surface area contributed by atoms with Crippen LogP contribution < -0.4 is 0 Å². The molecule has 1 saturated heterocycles. The molecule has 2 aromatic rings. The van der Waals surface area contributed by atoms with Gasteiger partial charge in [-0.2, -0.15) is 0 Å². The van der Waals surface area contributed by atoms with Gasteiger partial charge in [-0.25, -0.2) is 0 Å². The average Bonchev–Trinajstić information content (AvgIpc) is 3.24. The summed E-state index contributed by atoms with van der Waals surface area (Å²) >= 11 is 0. The minimum Gasteiger partial charge on any atom is -0.403 e. The topological polar surface area (TPSA) is 36.9 Å². The summed E-state index contributed by atoms with van der Waals surface area (Å²) in [5, 5.41) is 0. The highest BCUT2D eigenvalue weighted by Gasteiger charge is 2.71. The maximum Gasteiger partial charge on any atom is 0.462 e. The molecule has 5 heteroatoms. The molecule has 2 fully saturated rings. The predicted molar refractivity (Wildman–Crippen MR) is 124 cm³/mol. The third-order valence-electron chi connectivity index (χ3n) is 7.43. The molecule has 0 bridgehead atoms. The van der Waals surface area contributed by atoms with Gasteiger partial charge in [-0.15, -0.1) is 0 Å². The second-order valence-electron chi connectivity index (χ2n) is 10.2. The maximum absolute atomic E-state index is 6.41. The minimum atomic E-state index is -0.332. The third-order valence-corrected chi connectivity index (χ3v) is 7.43. The van der Waals surface area contributed by atoms with Gasteiger partial charge in [0.2, 0.25) is 0 Å². The second kappa shape index (κ2) is 8.70. The molecule has 1 saturated carbocycles. The molecule has 2 aromatic carbocycles. The first-order valence-electron chi connectivity index (χ1n) is 11.3. The molecule has 0 radical (unpaired) electrons. The van der Waals surface area contributed by atoms with E-state index in [0.717, 1.165) is 0 Å². The van der Waals surface area contributed by atoms with Gasteiger partial charge >= 0.3 is 7.12 Å². The van der Waals surface area contributed by atoms with Crippen LogP contribution in [0.15, 0.2) is 60.7 Å². The summed E-state index contributed by atoms with van der Waals surface area (Å²) < 4.78 is 25.1. The van der Waals surface area contributed by atoms with E-state index in [1.807, 2.05) is 36.4 Å². The van der Waals surface area contributed by atoms with Crippen LogP contribution in [0.2, 0.25) is 5.82 Å². The molecule has 31 heavy (non-hydrogen) atoms. The summed E-state index contributed by atoms with van der Waals surface area (Å²) in [6.45, 7) is 13.3. The molecule has 166 valence electrons. The second-order valence-corrected chi connectivity index (χ2v) is 10.2. The van der Waals surface area contributed by atoms with Gasteiger partial charge in [-0.1, -0.05) is 67.6 Å². The number of ether oxygens (including phenoxy) is 2. The molecular formula is C26H35BO4. The van der Waals surface area contributed by atoms with Crippen molar-refractivity contribution < 1.29 is 18.8 Å². The Morgan fingerprint density at radius 1 is 0.742 bits per heavy atom. The molecule has 4 nitrogen and oxygen atoms in total. The minimum absolute atomic E-state index is 0.0351. The van der Waals surface area contributed by atoms with Crippen LogP contribution in [0, 0.1) is 11.3 Å². The molecule has 0 N–H and O–H groups in total. The first-order valence-corrected chi connectivity index (χ1v) is 11.3. The van der Waals surface area contributed by atoms with Gasteiger partial charge in [-0.3, -0.25) is 0 Å². The zero-order valence-electron chi connectivity index (χ0n) is 19.5. The number of rotatable bonds is 9. The largest absolute Gasteiger partial charge is 0.462 e. The van der Waals surface area contributed by atoms with Crippen molar-refractivity contribution in [3.05, 3.63) is 71.8 Å². The summed E-state index contributed by atoms with van der Waals surface area (Å²) in [6.07, 6.45) is 0. The highest BCUT2D eigenvalue weighted by molar-refractivity contribution is 6.49. The smallest absolute Gasteiger partial charge is 0.403 e. The fourth-order valence-corrected chi connectivity index (χ4v) is 4.57. The Kier molecular flexibility index (Phi) is 6.33. The zero-order valence-corrected chi connectivity index (χ0v) is 19.5. The summed E-state index contributed by atoms with van der Waals surface area (Å²) in [4.78, 5) is 0. The Bertz CT molecular complexity index is 838. The molecule has 0 spiro atoms. The fourth-order valence-electron chi connectivity index (χ4n) is 4.57. The standard InChI is InChI=1S/C26H35BO4/c1-24(2)25(3,4)31-27(30-24)23-22(18-28-16-20-12-8-6-9-13-20)26(23,5)19-29-17-21-14-10-7-11-15-21/h6-15,22-23H,16-19H2,1-5H3/t22-,23?,26-/m0/s1. The Hall–Kier alpha value is -1.66. The highest BCUT2D eigenvalue weighted by atomic mass is 16.7. The zero-order chi connectivity index (χ0) is 22.1. The van der Waals surface area contributed by atoms with Crippen molar-refractivity contribution in [1.29, 1.82) is 0 Å². The van der Waals surface area contributed by atoms with Crippen LogP contribution in [0.4, 0.5) is 0 Å². The van der Waals surface area contributed by atoms with E-state index in [4.69, 9.17) is 18.8 Å². The normalized spacial score (nSPS) is 28.6. The molecule has 3 atom stereocenters. The lowest BCUT2D eigenvalue weighted by Crippen LogP contribution is -2.41. The summed E-state index contributed by atoms with van der Waals surface area (Å²) in [5.41, 5.74) is 1.68. The molecule has 0 aromatic heterocycles. The van der Waals surface area contributed by atoms with Crippen LogP contribution in [0.5, 0.6) is 0 Å². The van der Waals surface area contributed by atoms with Crippen LogP contribution in [0.25, 0.3) is 0 Å².